The Balaban J connectivity index is 0.00000363. The molecule has 0 atom stereocenters. The number of ether oxygens (including phenoxy) is 1. The van der Waals surface area contributed by atoms with Crippen LogP contribution in [0.3, 0.4) is 0 Å². The first kappa shape index (κ1) is 25.8. The summed E-state index contributed by atoms with van der Waals surface area (Å²) in [6, 6.07) is 12.1. The van der Waals surface area contributed by atoms with Crippen LogP contribution in [0.5, 0.6) is 5.75 Å². The number of amides is 1. The number of nitrogens with zero attached hydrogens (tertiary/aromatic N) is 3. The SMILES string of the molecule is CCOc1ccc(C2=CCN(C(=NCC(=O)N(C)C)NCCc3ccco3)CC2)cc1.I. The second-order valence-electron chi connectivity index (χ2n) is 7.57. The smallest absolute Gasteiger partial charge is 0.243 e. The van der Waals surface area contributed by atoms with Gasteiger partial charge in [-0.25, -0.2) is 4.99 Å². The predicted octanol–water partition coefficient (Wildman–Crippen LogP) is 3.66. The number of rotatable bonds is 8. The van der Waals surface area contributed by atoms with Crippen LogP contribution in [0.4, 0.5) is 0 Å². The third kappa shape index (κ3) is 7.58. The van der Waals surface area contributed by atoms with Crippen LogP contribution < -0.4 is 10.1 Å². The minimum absolute atomic E-state index is 0. The second kappa shape index (κ2) is 13.1. The van der Waals surface area contributed by atoms with Gasteiger partial charge in [0.05, 0.1) is 12.9 Å². The fourth-order valence-corrected chi connectivity index (χ4v) is 3.36. The van der Waals surface area contributed by atoms with E-state index in [0.717, 1.165) is 43.4 Å². The van der Waals surface area contributed by atoms with Crippen molar-refractivity contribution >= 4 is 41.4 Å². The van der Waals surface area contributed by atoms with E-state index >= 15 is 0 Å². The van der Waals surface area contributed by atoms with Crippen molar-refractivity contribution in [3.05, 3.63) is 60.1 Å². The van der Waals surface area contributed by atoms with E-state index in [1.807, 2.05) is 31.2 Å². The lowest BCUT2D eigenvalue weighted by Crippen LogP contribution is -2.44. The molecule has 174 valence electrons. The van der Waals surface area contributed by atoms with Crippen molar-refractivity contribution in [3.8, 4) is 5.75 Å². The molecular weight excluding hydrogens is 519 g/mol. The molecule has 3 rings (SSSR count). The lowest BCUT2D eigenvalue weighted by atomic mass is 9.99. The summed E-state index contributed by atoms with van der Waals surface area (Å²) in [5.41, 5.74) is 2.54. The molecule has 0 saturated carbocycles. The zero-order chi connectivity index (χ0) is 22.1. The van der Waals surface area contributed by atoms with Crippen LogP contribution in [-0.2, 0) is 11.2 Å². The van der Waals surface area contributed by atoms with Crippen molar-refractivity contribution < 1.29 is 13.9 Å². The zero-order valence-corrected chi connectivity index (χ0v) is 21.4. The highest BCUT2D eigenvalue weighted by Crippen LogP contribution is 2.24. The first-order chi connectivity index (χ1) is 15.1. The molecule has 1 amide bonds. The van der Waals surface area contributed by atoms with E-state index in [0.29, 0.717) is 13.2 Å². The monoisotopic (exact) mass is 552 g/mol. The van der Waals surface area contributed by atoms with Crippen LogP contribution in [0, 0.1) is 0 Å². The van der Waals surface area contributed by atoms with Crippen molar-refractivity contribution in [2.24, 2.45) is 4.99 Å². The number of benzene rings is 1. The Morgan fingerprint density at radius 2 is 2.03 bits per heavy atom. The Hall–Kier alpha value is -2.49. The van der Waals surface area contributed by atoms with E-state index in [2.05, 4.69) is 33.4 Å². The number of furan rings is 1. The van der Waals surface area contributed by atoms with Crippen molar-refractivity contribution in [2.45, 2.75) is 19.8 Å². The van der Waals surface area contributed by atoms with Gasteiger partial charge in [-0.1, -0.05) is 18.2 Å². The van der Waals surface area contributed by atoms with Gasteiger partial charge in [-0.05, 0) is 48.7 Å². The van der Waals surface area contributed by atoms with Gasteiger partial charge in [0.25, 0.3) is 0 Å². The minimum atomic E-state index is -0.0204. The summed E-state index contributed by atoms with van der Waals surface area (Å²) in [5.74, 6) is 2.55. The molecule has 0 spiro atoms. The van der Waals surface area contributed by atoms with Crippen LogP contribution in [0.25, 0.3) is 5.57 Å². The number of nitrogens with one attached hydrogen (secondary N) is 1. The van der Waals surface area contributed by atoms with E-state index in [1.165, 1.54) is 11.1 Å². The van der Waals surface area contributed by atoms with Gasteiger partial charge in [0.1, 0.15) is 18.1 Å². The maximum Gasteiger partial charge on any atom is 0.243 e. The molecule has 0 bridgehead atoms. The van der Waals surface area contributed by atoms with Crippen molar-refractivity contribution in [1.82, 2.24) is 15.1 Å². The molecule has 32 heavy (non-hydrogen) atoms. The number of likely N-dealkylation sites (N-methyl/N-ethyl adjacent to an activating group) is 1. The zero-order valence-electron chi connectivity index (χ0n) is 19.0. The number of carbonyl (C=O) groups excluding carboxylic acids is 1. The van der Waals surface area contributed by atoms with E-state index < -0.39 is 0 Å². The average molecular weight is 552 g/mol. The van der Waals surface area contributed by atoms with Gasteiger partial charge in [-0.3, -0.25) is 4.79 Å². The van der Waals surface area contributed by atoms with Crippen LogP contribution >= 0.6 is 24.0 Å². The van der Waals surface area contributed by atoms with E-state index in [-0.39, 0.29) is 36.4 Å². The second-order valence-corrected chi connectivity index (χ2v) is 7.57. The first-order valence-electron chi connectivity index (χ1n) is 10.7. The van der Waals surface area contributed by atoms with E-state index in [1.54, 1.807) is 25.3 Å². The fourth-order valence-electron chi connectivity index (χ4n) is 3.36. The van der Waals surface area contributed by atoms with Gasteiger partial charge in [0, 0.05) is 40.2 Å². The molecule has 1 aliphatic heterocycles. The number of guanidine groups is 1. The Labute approximate surface area is 207 Å². The predicted molar refractivity (Wildman–Crippen MR) is 139 cm³/mol. The average Bonchev–Trinajstić information content (AvgIpc) is 3.30. The largest absolute Gasteiger partial charge is 0.494 e. The summed E-state index contributed by atoms with van der Waals surface area (Å²) in [6.07, 6.45) is 5.58. The van der Waals surface area contributed by atoms with Crippen LogP contribution in [0.1, 0.15) is 24.7 Å². The standard InChI is InChI=1S/C24H32N4O3.HI/c1-4-30-22-9-7-19(8-10-22)20-12-15-28(16-13-20)24(26-18-23(29)27(2)3)25-14-11-21-6-5-17-31-21;/h5-10,12,17H,4,11,13-16,18H2,1-3H3,(H,25,26);1H. The highest BCUT2D eigenvalue weighted by Gasteiger charge is 2.17. The number of aliphatic imine (C=N–C) groups is 1. The summed E-state index contributed by atoms with van der Waals surface area (Å²) in [5, 5.41) is 3.40. The quantitative estimate of drug-likeness (QED) is 0.308. The van der Waals surface area contributed by atoms with Gasteiger partial charge in [0.2, 0.25) is 5.91 Å². The number of carbonyl (C=O) groups is 1. The molecule has 1 aromatic carbocycles. The van der Waals surface area contributed by atoms with Crippen molar-refractivity contribution in [3.63, 3.8) is 0 Å². The normalized spacial score (nSPS) is 13.8. The summed E-state index contributed by atoms with van der Waals surface area (Å²) in [4.78, 5) is 20.4. The Morgan fingerprint density at radius 3 is 2.62 bits per heavy atom. The summed E-state index contributed by atoms with van der Waals surface area (Å²) in [6.45, 7) is 5.05. The highest BCUT2D eigenvalue weighted by molar-refractivity contribution is 14.0. The van der Waals surface area contributed by atoms with E-state index in [4.69, 9.17) is 9.15 Å². The minimum Gasteiger partial charge on any atom is -0.494 e. The topological polar surface area (TPSA) is 70.3 Å². The third-order valence-electron chi connectivity index (χ3n) is 5.14. The van der Waals surface area contributed by atoms with Crippen LogP contribution in [-0.4, -0.2) is 68.5 Å². The molecule has 0 radical (unpaired) electrons. The molecule has 2 heterocycles. The summed E-state index contributed by atoms with van der Waals surface area (Å²) >= 11 is 0. The Kier molecular flexibility index (Phi) is 10.6. The number of hydrogen-bond donors (Lipinski definition) is 1. The van der Waals surface area contributed by atoms with Crippen molar-refractivity contribution in [1.29, 1.82) is 0 Å². The lowest BCUT2D eigenvalue weighted by molar-refractivity contribution is -0.127. The Bertz CT molecular complexity index is 892. The van der Waals surface area contributed by atoms with Crippen molar-refractivity contribution in [2.75, 3.05) is 46.9 Å². The van der Waals surface area contributed by atoms with Gasteiger partial charge in [-0.15, -0.1) is 24.0 Å². The van der Waals surface area contributed by atoms with Crippen LogP contribution in [0.2, 0.25) is 0 Å². The maximum atomic E-state index is 12.0. The molecule has 1 aliphatic rings. The van der Waals surface area contributed by atoms with Crippen LogP contribution in [0.15, 0.2) is 58.1 Å². The third-order valence-corrected chi connectivity index (χ3v) is 5.14. The maximum absolute atomic E-state index is 12.0. The summed E-state index contributed by atoms with van der Waals surface area (Å²) < 4.78 is 10.9. The molecular formula is C24H33IN4O3. The fraction of sp³-hybridized carbons (Fsp3) is 0.417. The molecule has 0 saturated heterocycles. The molecule has 0 fully saturated rings. The Morgan fingerprint density at radius 1 is 1.25 bits per heavy atom. The van der Waals surface area contributed by atoms with E-state index in [9.17, 15) is 4.79 Å². The molecule has 0 aliphatic carbocycles. The summed E-state index contributed by atoms with van der Waals surface area (Å²) in [7, 11) is 3.49. The molecule has 2 aromatic rings. The first-order valence-corrected chi connectivity index (χ1v) is 10.7. The van der Waals surface area contributed by atoms with Gasteiger partial charge >= 0.3 is 0 Å². The number of halogens is 1. The molecule has 1 aromatic heterocycles. The molecule has 1 N–H and O–H groups in total. The number of hydrogen-bond acceptors (Lipinski definition) is 4. The van der Waals surface area contributed by atoms with Gasteiger partial charge < -0.3 is 24.3 Å². The van der Waals surface area contributed by atoms with Gasteiger partial charge in [-0.2, -0.15) is 0 Å². The highest BCUT2D eigenvalue weighted by atomic mass is 127. The molecule has 7 nitrogen and oxygen atoms in total. The lowest BCUT2D eigenvalue weighted by Gasteiger charge is -2.30. The molecule has 0 unspecified atom stereocenters. The van der Waals surface area contributed by atoms with Gasteiger partial charge in [0.15, 0.2) is 5.96 Å². The molecule has 8 heteroatoms.